The van der Waals surface area contributed by atoms with E-state index in [9.17, 15) is 18.0 Å². The lowest BCUT2D eigenvalue weighted by Gasteiger charge is -2.41. The zero-order valence-corrected chi connectivity index (χ0v) is 24.0. The van der Waals surface area contributed by atoms with Crippen molar-refractivity contribution in [3.8, 4) is 5.75 Å². The summed E-state index contributed by atoms with van der Waals surface area (Å²) in [5.74, 6) is 0.957. The third-order valence-electron chi connectivity index (χ3n) is 8.53. The molecule has 2 heterocycles. The quantitative estimate of drug-likeness (QED) is 0.563. The van der Waals surface area contributed by atoms with E-state index in [0.29, 0.717) is 30.8 Å². The minimum atomic E-state index is -3.18. The molecule has 0 N–H and O–H groups in total. The number of ether oxygens (including phenoxy) is 1. The van der Waals surface area contributed by atoms with Gasteiger partial charge in [0.25, 0.3) is 5.91 Å². The Balaban J connectivity index is 1.53. The highest BCUT2D eigenvalue weighted by molar-refractivity contribution is 7.88. The number of amides is 2. The zero-order chi connectivity index (χ0) is 27.1. The van der Waals surface area contributed by atoms with E-state index in [4.69, 9.17) is 4.74 Å². The van der Waals surface area contributed by atoms with Gasteiger partial charge in [0.1, 0.15) is 11.9 Å². The van der Waals surface area contributed by atoms with Crippen LogP contribution in [0.15, 0.2) is 24.3 Å². The van der Waals surface area contributed by atoms with Gasteiger partial charge in [-0.25, -0.2) is 12.7 Å². The summed E-state index contributed by atoms with van der Waals surface area (Å²) in [6.45, 7) is 2.43. The Morgan fingerprint density at radius 2 is 1.55 bits per heavy atom. The van der Waals surface area contributed by atoms with Gasteiger partial charge in [-0.1, -0.05) is 37.8 Å². The molecule has 9 heteroatoms. The van der Waals surface area contributed by atoms with E-state index in [-0.39, 0.29) is 29.9 Å². The number of rotatable bonds is 3. The number of sulfonamides is 1. The van der Waals surface area contributed by atoms with Crippen LogP contribution >= 0.6 is 0 Å². The number of hydrogen-bond donors (Lipinski definition) is 0. The molecule has 2 atom stereocenters. The molecule has 2 amide bonds. The van der Waals surface area contributed by atoms with E-state index in [2.05, 4.69) is 4.90 Å². The van der Waals surface area contributed by atoms with Gasteiger partial charge in [-0.2, -0.15) is 0 Å². The Morgan fingerprint density at radius 3 is 2.29 bits per heavy atom. The first-order valence-electron chi connectivity index (χ1n) is 14.5. The fraction of sp³-hybridized carbons (Fsp3) is 0.724. The molecule has 2 fully saturated rings. The third-order valence-corrected chi connectivity index (χ3v) is 9.83. The predicted molar refractivity (Wildman–Crippen MR) is 149 cm³/mol. The molecule has 212 valence electrons. The SMILES string of the molecule is CN1CCCCCCCN(C(=O)CC2CCN(S(C)(=O)=O)CC2)[C@@H]2CCCC[C@@H]2Oc2ccccc2C1=O. The van der Waals surface area contributed by atoms with Crippen molar-refractivity contribution < 1.29 is 22.7 Å². The Bertz CT molecular complexity index is 1050. The van der Waals surface area contributed by atoms with Crippen LogP contribution in [0.2, 0.25) is 0 Å². The first kappa shape index (κ1) is 28.9. The predicted octanol–water partition coefficient (Wildman–Crippen LogP) is 4.30. The molecule has 1 aromatic rings. The van der Waals surface area contributed by atoms with Gasteiger partial charge in [-0.05, 0) is 63.0 Å². The number of nitrogens with zero attached hydrogens (tertiary/aromatic N) is 3. The molecule has 1 aromatic carbocycles. The highest BCUT2D eigenvalue weighted by Gasteiger charge is 2.36. The van der Waals surface area contributed by atoms with Crippen molar-refractivity contribution in [2.45, 2.75) is 89.2 Å². The summed E-state index contributed by atoms with van der Waals surface area (Å²) in [5.41, 5.74) is 0.588. The smallest absolute Gasteiger partial charge is 0.257 e. The lowest BCUT2D eigenvalue weighted by molar-refractivity contribution is -0.138. The van der Waals surface area contributed by atoms with Gasteiger partial charge in [0.2, 0.25) is 15.9 Å². The number of piperidine rings is 1. The summed E-state index contributed by atoms with van der Waals surface area (Å²) in [4.78, 5) is 30.9. The molecule has 1 saturated heterocycles. The maximum Gasteiger partial charge on any atom is 0.257 e. The monoisotopic (exact) mass is 547 g/mol. The van der Waals surface area contributed by atoms with Crippen LogP contribution in [0.25, 0.3) is 0 Å². The molecule has 2 aliphatic heterocycles. The number of carbonyl (C=O) groups is 2. The zero-order valence-electron chi connectivity index (χ0n) is 23.1. The van der Waals surface area contributed by atoms with Gasteiger partial charge < -0.3 is 14.5 Å². The molecular formula is C29H45N3O5S. The van der Waals surface area contributed by atoms with Crippen molar-refractivity contribution in [3.63, 3.8) is 0 Å². The van der Waals surface area contributed by atoms with Crippen LogP contribution in [0.1, 0.15) is 87.4 Å². The molecular weight excluding hydrogens is 502 g/mol. The summed E-state index contributed by atoms with van der Waals surface area (Å²) >= 11 is 0. The van der Waals surface area contributed by atoms with Gasteiger partial charge >= 0.3 is 0 Å². The molecule has 1 aliphatic carbocycles. The van der Waals surface area contributed by atoms with Crippen molar-refractivity contribution >= 4 is 21.8 Å². The summed E-state index contributed by atoms with van der Waals surface area (Å²) in [7, 11) is -1.32. The van der Waals surface area contributed by atoms with Crippen molar-refractivity contribution in [2.24, 2.45) is 5.92 Å². The largest absolute Gasteiger partial charge is 0.487 e. The topological polar surface area (TPSA) is 87.2 Å². The fourth-order valence-corrected chi connectivity index (χ4v) is 7.11. The van der Waals surface area contributed by atoms with Gasteiger partial charge in [0.15, 0.2) is 0 Å². The molecule has 4 rings (SSSR count). The van der Waals surface area contributed by atoms with Crippen molar-refractivity contribution in [3.05, 3.63) is 29.8 Å². The molecule has 3 aliphatic rings. The van der Waals surface area contributed by atoms with Crippen LogP contribution < -0.4 is 4.74 Å². The maximum absolute atomic E-state index is 13.8. The lowest BCUT2D eigenvalue weighted by atomic mass is 9.89. The number of hydrogen-bond acceptors (Lipinski definition) is 5. The molecule has 8 nitrogen and oxygen atoms in total. The van der Waals surface area contributed by atoms with E-state index >= 15 is 0 Å². The van der Waals surface area contributed by atoms with Crippen LogP contribution in [0.3, 0.4) is 0 Å². The van der Waals surface area contributed by atoms with Gasteiger partial charge in [-0.15, -0.1) is 0 Å². The van der Waals surface area contributed by atoms with Gasteiger partial charge in [-0.3, -0.25) is 9.59 Å². The molecule has 0 spiro atoms. The molecule has 1 saturated carbocycles. The normalized spacial score (nSPS) is 25.5. The van der Waals surface area contributed by atoms with Crippen molar-refractivity contribution in [2.75, 3.05) is 39.5 Å². The minimum absolute atomic E-state index is 0.0154. The van der Waals surface area contributed by atoms with E-state index in [0.717, 1.165) is 83.7 Å². The number of benzene rings is 1. The Labute approximate surface area is 228 Å². The summed E-state index contributed by atoms with van der Waals surface area (Å²) in [6.07, 6.45) is 12.0. The Kier molecular flexibility index (Phi) is 10.1. The number of para-hydroxylation sites is 1. The minimum Gasteiger partial charge on any atom is -0.487 e. The summed E-state index contributed by atoms with van der Waals surface area (Å²) in [5, 5.41) is 0. The van der Waals surface area contributed by atoms with Crippen molar-refractivity contribution in [1.29, 1.82) is 0 Å². The molecule has 0 bridgehead atoms. The van der Waals surface area contributed by atoms with Crippen LogP contribution in [0.4, 0.5) is 0 Å². The molecule has 0 radical (unpaired) electrons. The average Bonchev–Trinajstić information content (AvgIpc) is 2.90. The average molecular weight is 548 g/mol. The number of carbonyl (C=O) groups excluding carboxylic acids is 2. The van der Waals surface area contributed by atoms with Crippen LogP contribution in [-0.2, 0) is 14.8 Å². The number of fused-ring (bicyclic) bond motifs is 2. The van der Waals surface area contributed by atoms with E-state index in [1.54, 1.807) is 4.90 Å². The molecule has 0 unspecified atom stereocenters. The van der Waals surface area contributed by atoms with Crippen molar-refractivity contribution in [1.82, 2.24) is 14.1 Å². The molecule has 38 heavy (non-hydrogen) atoms. The van der Waals surface area contributed by atoms with E-state index in [1.165, 1.54) is 10.6 Å². The standard InChI is InChI=1S/C29H45N3O5S/c1-30-18-10-4-3-5-11-19-32(28(33)22-23-16-20-31(21-17-23)38(2,35)36)25-13-7-9-15-27(25)37-26-14-8-6-12-24(26)29(30)34/h6,8,12,14,23,25,27H,3-5,7,9-11,13,15-22H2,1-2H3/t25-,27+/m1/s1. The maximum atomic E-state index is 13.8. The highest BCUT2D eigenvalue weighted by atomic mass is 32.2. The van der Waals surface area contributed by atoms with Crippen LogP contribution in [-0.4, -0.2) is 86.0 Å². The van der Waals surface area contributed by atoms with E-state index in [1.807, 2.05) is 31.3 Å². The van der Waals surface area contributed by atoms with Crippen LogP contribution in [0, 0.1) is 5.92 Å². The first-order chi connectivity index (χ1) is 18.2. The van der Waals surface area contributed by atoms with Gasteiger partial charge in [0.05, 0.1) is 17.9 Å². The second kappa shape index (κ2) is 13.3. The Hall–Kier alpha value is -2.13. The second-order valence-electron chi connectivity index (χ2n) is 11.4. The highest BCUT2D eigenvalue weighted by Crippen LogP contribution is 2.32. The summed E-state index contributed by atoms with van der Waals surface area (Å²) < 4.78 is 31.9. The second-order valence-corrected chi connectivity index (χ2v) is 13.4. The van der Waals surface area contributed by atoms with Crippen LogP contribution in [0.5, 0.6) is 5.75 Å². The van der Waals surface area contributed by atoms with E-state index < -0.39 is 10.0 Å². The van der Waals surface area contributed by atoms with Gasteiger partial charge in [0, 0.05) is 39.6 Å². The molecule has 0 aromatic heterocycles. The Morgan fingerprint density at radius 1 is 0.895 bits per heavy atom. The summed E-state index contributed by atoms with van der Waals surface area (Å²) in [6, 6.07) is 7.50. The fourth-order valence-electron chi connectivity index (χ4n) is 6.23. The first-order valence-corrected chi connectivity index (χ1v) is 16.3. The third kappa shape index (κ3) is 7.50. The lowest BCUT2D eigenvalue weighted by Crippen LogP contribution is -2.51.